The Kier molecular flexibility index (Phi) is 3.86. The summed E-state index contributed by atoms with van der Waals surface area (Å²) in [6, 6.07) is 0. The zero-order chi connectivity index (χ0) is 13.2. The Bertz CT molecular complexity index is 431. The average molecular weight is 276 g/mol. The second kappa shape index (κ2) is 5.23. The topological polar surface area (TPSA) is 80.9 Å². The predicted molar refractivity (Wildman–Crippen MR) is 63.5 cm³/mol. The first-order valence-electron chi connectivity index (χ1n) is 5.73. The van der Waals surface area contributed by atoms with E-state index >= 15 is 0 Å². The minimum Gasteiger partial charge on any atom is -0.317 e. The lowest BCUT2D eigenvalue weighted by Crippen LogP contribution is -2.52. The molecule has 0 spiro atoms. The summed E-state index contributed by atoms with van der Waals surface area (Å²) in [5, 5.41) is 8.95. The number of hydrogen-bond donors (Lipinski definition) is 2. The Labute approximate surface area is 107 Å². The van der Waals surface area contributed by atoms with Crippen molar-refractivity contribution in [2.24, 2.45) is 5.73 Å². The van der Waals surface area contributed by atoms with Gasteiger partial charge in [-0.25, -0.2) is 8.78 Å². The van der Waals surface area contributed by atoms with Crippen LogP contribution in [0.1, 0.15) is 43.5 Å². The normalized spacial score (nSPS) is 18.9. The summed E-state index contributed by atoms with van der Waals surface area (Å²) >= 11 is 0.672. The number of anilines is 1. The number of alkyl halides is 2. The van der Waals surface area contributed by atoms with Gasteiger partial charge in [-0.1, -0.05) is 30.6 Å². The van der Waals surface area contributed by atoms with Crippen LogP contribution in [0.15, 0.2) is 0 Å². The number of nitrogens with two attached hydrogens (primary N) is 1. The lowest BCUT2D eigenvalue weighted by atomic mass is 9.82. The van der Waals surface area contributed by atoms with E-state index in [1.165, 1.54) is 0 Å². The SMILES string of the molecule is NC1(C(=O)Nc2nnc(C(F)F)s2)CCCCC1. The molecule has 1 aromatic rings. The molecule has 1 aliphatic rings. The van der Waals surface area contributed by atoms with Gasteiger partial charge in [0.15, 0.2) is 5.01 Å². The number of rotatable bonds is 3. The first kappa shape index (κ1) is 13.3. The van der Waals surface area contributed by atoms with Gasteiger partial charge < -0.3 is 5.73 Å². The van der Waals surface area contributed by atoms with Gasteiger partial charge in [-0.3, -0.25) is 10.1 Å². The van der Waals surface area contributed by atoms with Crippen molar-refractivity contribution >= 4 is 22.4 Å². The van der Waals surface area contributed by atoms with Crippen LogP contribution in [0.4, 0.5) is 13.9 Å². The van der Waals surface area contributed by atoms with Crippen LogP contribution in [0, 0.1) is 0 Å². The van der Waals surface area contributed by atoms with Crippen LogP contribution >= 0.6 is 11.3 Å². The van der Waals surface area contributed by atoms with E-state index in [-0.39, 0.29) is 11.0 Å². The van der Waals surface area contributed by atoms with Crippen molar-refractivity contribution in [1.29, 1.82) is 0 Å². The summed E-state index contributed by atoms with van der Waals surface area (Å²) in [5.74, 6) is -0.362. The van der Waals surface area contributed by atoms with Crippen molar-refractivity contribution in [2.75, 3.05) is 5.32 Å². The van der Waals surface area contributed by atoms with E-state index < -0.39 is 17.0 Å². The van der Waals surface area contributed by atoms with Crippen LogP contribution in [0.25, 0.3) is 0 Å². The smallest absolute Gasteiger partial charge is 0.291 e. The Balaban J connectivity index is 2.01. The summed E-state index contributed by atoms with van der Waals surface area (Å²) < 4.78 is 24.6. The second-order valence-corrected chi connectivity index (χ2v) is 5.43. The maximum atomic E-state index is 12.3. The van der Waals surface area contributed by atoms with Crippen LogP contribution < -0.4 is 11.1 Å². The first-order valence-corrected chi connectivity index (χ1v) is 6.55. The third-order valence-electron chi connectivity index (χ3n) is 3.05. The molecule has 18 heavy (non-hydrogen) atoms. The molecule has 1 saturated carbocycles. The molecule has 3 N–H and O–H groups in total. The van der Waals surface area contributed by atoms with Crippen LogP contribution in [0.5, 0.6) is 0 Å². The standard InChI is InChI=1S/C10H14F2N4OS/c11-6(12)7-15-16-9(18-7)14-8(17)10(13)4-2-1-3-5-10/h6H,1-5,13H2,(H,14,16,17). The average Bonchev–Trinajstić information content (AvgIpc) is 2.78. The first-order chi connectivity index (χ1) is 8.51. The van der Waals surface area contributed by atoms with Gasteiger partial charge >= 0.3 is 0 Å². The van der Waals surface area contributed by atoms with E-state index in [1.807, 2.05) is 0 Å². The van der Waals surface area contributed by atoms with Gasteiger partial charge in [-0.15, -0.1) is 10.2 Å². The highest BCUT2D eigenvalue weighted by atomic mass is 32.1. The number of carbonyl (C=O) groups excluding carboxylic acids is 1. The highest BCUT2D eigenvalue weighted by Crippen LogP contribution is 2.29. The second-order valence-electron chi connectivity index (χ2n) is 4.42. The molecule has 1 aliphatic carbocycles. The van der Waals surface area contributed by atoms with Gasteiger partial charge in [0.05, 0.1) is 5.54 Å². The number of hydrogen-bond acceptors (Lipinski definition) is 5. The third kappa shape index (κ3) is 2.81. The molecule has 8 heteroatoms. The van der Waals surface area contributed by atoms with Gasteiger partial charge in [0.25, 0.3) is 6.43 Å². The zero-order valence-electron chi connectivity index (χ0n) is 9.66. The zero-order valence-corrected chi connectivity index (χ0v) is 10.5. The molecule has 0 aromatic carbocycles. The fourth-order valence-corrected chi connectivity index (χ4v) is 2.60. The largest absolute Gasteiger partial charge is 0.317 e. The van der Waals surface area contributed by atoms with Crippen LogP contribution in [-0.2, 0) is 4.79 Å². The summed E-state index contributed by atoms with van der Waals surface area (Å²) in [7, 11) is 0. The van der Waals surface area contributed by atoms with Crippen molar-refractivity contribution in [1.82, 2.24) is 10.2 Å². The predicted octanol–water partition coefficient (Wildman–Crippen LogP) is 2.08. The lowest BCUT2D eigenvalue weighted by Gasteiger charge is -2.31. The number of halogens is 2. The molecule has 0 unspecified atom stereocenters. The minimum atomic E-state index is -2.67. The molecule has 1 heterocycles. The van der Waals surface area contributed by atoms with E-state index in [0.717, 1.165) is 19.3 Å². The van der Waals surface area contributed by atoms with Crippen molar-refractivity contribution in [3.8, 4) is 0 Å². The summed E-state index contributed by atoms with van der Waals surface area (Å²) in [6.07, 6.45) is 1.43. The van der Waals surface area contributed by atoms with Crippen LogP contribution in [-0.4, -0.2) is 21.6 Å². The molecule has 0 radical (unpaired) electrons. The Hall–Kier alpha value is -1.15. The molecule has 1 amide bonds. The molecule has 0 saturated heterocycles. The van der Waals surface area contributed by atoms with E-state index in [1.54, 1.807) is 0 Å². The monoisotopic (exact) mass is 276 g/mol. The number of carbonyl (C=O) groups is 1. The van der Waals surface area contributed by atoms with E-state index in [2.05, 4.69) is 15.5 Å². The Morgan fingerprint density at radius 2 is 2.00 bits per heavy atom. The van der Waals surface area contributed by atoms with Gasteiger partial charge in [0, 0.05) is 0 Å². The molecule has 5 nitrogen and oxygen atoms in total. The van der Waals surface area contributed by atoms with Gasteiger partial charge in [0.2, 0.25) is 11.0 Å². The van der Waals surface area contributed by atoms with Gasteiger partial charge in [0.1, 0.15) is 0 Å². The van der Waals surface area contributed by atoms with Crippen molar-refractivity contribution in [3.63, 3.8) is 0 Å². The fraction of sp³-hybridized carbons (Fsp3) is 0.700. The highest BCUT2D eigenvalue weighted by Gasteiger charge is 2.35. The summed E-state index contributed by atoms with van der Waals surface area (Å²) in [5.41, 5.74) is 5.11. The van der Waals surface area contributed by atoms with Gasteiger partial charge in [-0.2, -0.15) is 0 Å². The quantitative estimate of drug-likeness (QED) is 0.885. The molecule has 2 rings (SSSR count). The van der Waals surface area contributed by atoms with E-state index in [9.17, 15) is 13.6 Å². The molecule has 1 fully saturated rings. The highest BCUT2D eigenvalue weighted by molar-refractivity contribution is 7.15. The van der Waals surface area contributed by atoms with E-state index in [4.69, 9.17) is 5.73 Å². The molecule has 1 aromatic heterocycles. The van der Waals surface area contributed by atoms with Crippen molar-refractivity contribution < 1.29 is 13.6 Å². The molecular formula is C10H14F2N4OS. The maximum absolute atomic E-state index is 12.3. The third-order valence-corrected chi connectivity index (χ3v) is 3.89. The number of amides is 1. The minimum absolute atomic E-state index is 0.0747. The Morgan fingerprint density at radius 1 is 1.33 bits per heavy atom. The summed E-state index contributed by atoms with van der Waals surface area (Å²) in [6.45, 7) is 0. The van der Waals surface area contributed by atoms with E-state index in [0.29, 0.717) is 24.2 Å². The summed E-state index contributed by atoms with van der Waals surface area (Å²) in [4.78, 5) is 12.0. The van der Waals surface area contributed by atoms with Gasteiger partial charge in [-0.05, 0) is 12.8 Å². The van der Waals surface area contributed by atoms with Crippen molar-refractivity contribution in [3.05, 3.63) is 5.01 Å². The molecule has 0 bridgehead atoms. The number of nitrogens with one attached hydrogen (secondary N) is 1. The van der Waals surface area contributed by atoms with Crippen LogP contribution in [0.3, 0.4) is 0 Å². The number of nitrogens with zero attached hydrogens (tertiary/aromatic N) is 2. The van der Waals surface area contributed by atoms with Crippen LogP contribution in [0.2, 0.25) is 0 Å². The van der Waals surface area contributed by atoms with Crippen molar-refractivity contribution in [2.45, 2.75) is 44.1 Å². The molecule has 100 valence electrons. The maximum Gasteiger partial charge on any atom is 0.291 e. The molecule has 0 atom stereocenters. The number of aromatic nitrogens is 2. The molecule has 0 aliphatic heterocycles. The molecular weight excluding hydrogens is 262 g/mol. The lowest BCUT2D eigenvalue weighted by molar-refractivity contribution is -0.122. The fourth-order valence-electron chi connectivity index (χ4n) is 2.00. The Morgan fingerprint density at radius 3 is 2.56 bits per heavy atom.